The van der Waals surface area contributed by atoms with Gasteiger partial charge in [-0.15, -0.1) is 5.10 Å². The lowest BCUT2D eigenvalue weighted by Gasteiger charge is -1.99. The molecule has 0 unspecified atom stereocenters. The van der Waals surface area contributed by atoms with E-state index in [1.165, 1.54) is 4.68 Å². The number of fused-ring (bicyclic) bond motifs is 1. The summed E-state index contributed by atoms with van der Waals surface area (Å²) in [5, 5.41) is 7.67. The third-order valence-electron chi connectivity index (χ3n) is 2.98. The average Bonchev–Trinajstić information content (AvgIpc) is 2.56. The Kier molecular flexibility index (Phi) is 2.53. The van der Waals surface area contributed by atoms with Gasteiger partial charge in [-0.2, -0.15) is 4.68 Å². The Hall–Kier alpha value is -1.88. The van der Waals surface area contributed by atoms with E-state index in [0.717, 1.165) is 31.0 Å². The van der Waals surface area contributed by atoms with Gasteiger partial charge in [0.15, 0.2) is 0 Å². The molecule has 0 aliphatic carbocycles. The highest BCUT2D eigenvalue weighted by Crippen LogP contribution is 2.05. The molecule has 5 nitrogen and oxygen atoms in total. The zero-order valence-electron chi connectivity index (χ0n) is 9.47. The van der Waals surface area contributed by atoms with E-state index in [0.29, 0.717) is 6.54 Å². The lowest BCUT2D eigenvalue weighted by Crippen LogP contribution is -2.27. The number of rotatable bonds is 1. The first-order chi connectivity index (χ1) is 8.36. The number of para-hydroxylation sites is 1. The second-order valence-corrected chi connectivity index (χ2v) is 4.10. The second-order valence-electron chi connectivity index (χ2n) is 4.10. The number of nitrogens with one attached hydrogen (secondary N) is 1. The molecule has 0 fully saturated rings. The van der Waals surface area contributed by atoms with Gasteiger partial charge in [0.2, 0.25) is 0 Å². The lowest BCUT2D eigenvalue weighted by atomic mass is 10.3. The van der Waals surface area contributed by atoms with Crippen molar-refractivity contribution in [2.24, 2.45) is 0 Å². The van der Waals surface area contributed by atoms with Crippen LogP contribution >= 0.6 is 0 Å². The minimum Gasteiger partial charge on any atom is -0.315 e. The van der Waals surface area contributed by atoms with E-state index in [4.69, 9.17) is 0 Å². The summed E-state index contributed by atoms with van der Waals surface area (Å²) in [5.74, 6) is 0.865. The third-order valence-corrected chi connectivity index (χ3v) is 2.98. The molecule has 1 aliphatic rings. The molecule has 0 saturated heterocycles. The van der Waals surface area contributed by atoms with Gasteiger partial charge in [-0.25, -0.2) is 4.79 Å². The fourth-order valence-electron chi connectivity index (χ4n) is 2.10. The van der Waals surface area contributed by atoms with Crippen LogP contribution in [0.5, 0.6) is 0 Å². The van der Waals surface area contributed by atoms with E-state index < -0.39 is 0 Å². The first kappa shape index (κ1) is 10.3. The van der Waals surface area contributed by atoms with Crippen molar-refractivity contribution in [3.8, 4) is 5.69 Å². The van der Waals surface area contributed by atoms with E-state index >= 15 is 0 Å². The summed E-state index contributed by atoms with van der Waals surface area (Å²) in [4.78, 5) is 12.2. The van der Waals surface area contributed by atoms with Gasteiger partial charge >= 0.3 is 5.69 Å². The molecule has 2 aromatic rings. The van der Waals surface area contributed by atoms with Crippen LogP contribution in [0, 0.1) is 0 Å². The van der Waals surface area contributed by atoms with Crippen LogP contribution in [0.4, 0.5) is 0 Å². The molecule has 88 valence electrons. The first-order valence-corrected chi connectivity index (χ1v) is 5.81. The van der Waals surface area contributed by atoms with Crippen LogP contribution in [0.2, 0.25) is 0 Å². The van der Waals surface area contributed by atoms with Gasteiger partial charge < -0.3 is 5.32 Å². The largest absolute Gasteiger partial charge is 0.350 e. The van der Waals surface area contributed by atoms with Crippen molar-refractivity contribution in [1.82, 2.24) is 19.7 Å². The van der Waals surface area contributed by atoms with Gasteiger partial charge in [-0.3, -0.25) is 4.57 Å². The smallest absolute Gasteiger partial charge is 0.315 e. The van der Waals surface area contributed by atoms with E-state index in [1.54, 1.807) is 4.57 Å². The molecule has 0 spiro atoms. The van der Waals surface area contributed by atoms with Gasteiger partial charge in [0, 0.05) is 26.1 Å². The van der Waals surface area contributed by atoms with Crippen molar-refractivity contribution >= 4 is 0 Å². The fraction of sp³-hybridized carbons (Fsp3) is 0.333. The third kappa shape index (κ3) is 1.78. The molecule has 1 aliphatic heterocycles. The van der Waals surface area contributed by atoms with E-state index in [-0.39, 0.29) is 5.69 Å². The first-order valence-electron chi connectivity index (χ1n) is 5.81. The van der Waals surface area contributed by atoms with Crippen molar-refractivity contribution < 1.29 is 0 Å². The molecular weight excluding hydrogens is 216 g/mol. The monoisotopic (exact) mass is 230 g/mol. The summed E-state index contributed by atoms with van der Waals surface area (Å²) in [6, 6.07) is 9.54. The van der Waals surface area contributed by atoms with E-state index in [9.17, 15) is 4.79 Å². The molecule has 0 saturated carbocycles. The highest BCUT2D eigenvalue weighted by molar-refractivity contribution is 5.29. The van der Waals surface area contributed by atoms with Crippen LogP contribution in [0.25, 0.3) is 5.69 Å². The molecule has 0 radical (unpaired) electrons. The van der Waals surface area contributed by atoms with Crippen molar-refractivity contribution in [3.63, 3.8) is 0 Å². The molecule has 5 heteroatoms. The Morgan fingerprint density at radius 2 is 2.00 bits per heavy atom. The predicted molar refractivity (Wildman–Crippen MR) is 64.4 cm³/mol. The Morgan fingerprint density at radius 1 is 1.18 bits per heavy atom. The normalized spacial score (nSPS) is 15.3. The number of benzene rings is 1. The van der Waals surface area contributed by atoms with E-state index in [2.05, 4.69) is 10.4 Å². The zero-order valence-corrected chi connectivity index (χ0v) is 9.47. The Balaban J connectivity index is 2.11. The second kappa shape index (κ2) is 4.18. The maximum absolute atomic E-state index is 12.2. The van der Waals surface area contributed by atoms with Gasteiger partial charge in [0.1, 0.15) is 5.82 Å². The van der Waals surface area contributed by atoms with Gasteiger partial charge in [0.05, 0.1) is 5.69 Å². The molecule has 1 N–H and O–H groups in total. The van der Waals surface area contributed by atoms with E-state index in [1.807, 2.05) is 30.3 Å². The predicted octanol–water partition coefficient (Wildman–Crippen LogP) is 0.180. The SMILES string of the molecule is O=c1n(-c2ccccc2)nc2n1CCNCC2. The van der Waals surface area contributed by atoms with Gasteiger partial charge in [0.25, 0.3) is 0 Å². The molecule has 17 heavy (non-hydrogen) atoms. The molecule has 3 rings (SSSR count). The average molecular weight is 230 g/mol. The van der Waals surface area contributed by atoms with Gasteiger partial charge in [-0.05, 0) is 12.1 Å². The van der Waals surface area contributed by atoms with Crippen LogP contribution in [-0.4, -0.2) is 27.4 Å². The maximum atomic E-state index is 12.2. The summed E-state index contributed by atoms with van der Waals surface area (Å²) < 4.78 is 3.24. The number of aromatic nitrogens is 3. The standard InChI is InChI=1S/C12H14N4O/c17-12-15-9-8-13-7-6-11(15)14-16(12)10-4-2-1-3-5-10/h1-5,13H,6-9H2. The number of hydrogen-bond acceptors (Lipinski definition) is 3. The fourth-order valence-corrected chi connectivity index (χ4v) is 2.10. The summed E-state index contributed by atoms with van der Waals surface area (Å²) in [7, 11) is 0. The Labute approximate surface area is 98.7 Å². The summed E-state index contributed by atoms with van der Waals surface area (Å²) in [6.45, 7) is 2.40. The maximum Gasteiger partial charge on any atom is 0.350 e. The molecule has 0 bridgehead atoms. The molecule has 0 atom stereocenters. The minimum absolute atomic E-state index is 0.0464. The molecular formula is C12H14N4O. The van der Waals surface area contributed by atoms with Crippen molar-refractivity contribution in [1.29, 1.82) is 0 Å². The topological polar surface area (TPSA) is 51.9 Å². The minimum atomic E-state index is -0.0464. The highest BCUT2D eigenvalue weighted by Gasteiger charge is 2.15. The van der Waals surface area contributed by atoms with Crippen molar-refractivity contribution in [2.45, 2.75) is 13.0 Å². The number of hydrogen-bond donors (Lipinski definition) is 1. The number of nitrogens with zero attached hydrogens (tertiary/aromatic N) is 3. The summed E-state index contributed by atoms with van der Waals surface area (Å²) >= 11 is 0. The van der Waals surface area contributed by atoms with Crippen LogP contribution in [-0.2, 0) is 13.0 Å². The quantitative estimate of drug-likeness (QED) is 0.760. The highest BCUT2D eigenvalue weighted by atomic mass is 16.2. The van der Waals surface area contributed by atoms with Crippen LogP contribution < -0.4 is 11.0 Å². The van der Waals surface area contributed by atoms with Gasteiger partial charge in [-0.1, -0.05) is 18.2 Å². The summed E-state index contributed by atoms with van der Waals surface area (Å²) in [6.07, 6.45) is 0.801. The molecule has 2 heterocycles. The Bertz CT molecular complexity index is 570. The molecule has 0 amide bonds. The Morgan fingerprint density at radius 3 is 2.82 bits per heavy atom. The summed E-state index contributed by atoms with van der Waals surface area (Å²) in [5.41, 5.74) is 0.779. The van der Waals surface area contributed by atoms with Crippen molar-refractivity contribution in [3.05, 3.63) is 46.6 Å². The van der Waals surface area contributed by atoms with Crippen LogP contribution in [0.15, 0.2) is 35.1 Å². The zero-order chi connectivity index (χ0) is 11.7. The van der Waals surface area contributed by atoms with Crippen LogP contribution in [0.3, 0.4) is 0 Å². The lowest BCUT2D eigenvalue weighted by molar-refractivity contribution is 0.622. The molecule has 1 aromatic carbocycles. The van der Waals surface area contributed by atoms with Crippen LogP contribution in [0.1, 0.15) is 5.82 Å². The van der Waals surface area contributed by atoms with Crippen molar-refractivity contribution in [2.75, 3.05) is 13.1 Å². The molecule has 1 aromatic heterocycles.